The predicted octanol–water partition coefficient (Wildman–Crippen LogP) is 3.91. The number of nitrogens with one attached hydrogen (secondary N) is 2. The average Bonchev–Trinajstić information content (AvgIpc) is 3.32. The Morgan fingerprint density at radius 2 is 2.07 bits per heavy atom. The lowest BCUT2D eigenvalue weighted by Crippen LogP contribution is -2.39. The van der Waals surface area contributed by atoms with Crippen molar-refractivity contribution in [3.8, 4) is 11.3 Å². The Hall–Kier alpha value is -1.61. The number of benzene rings is 1. The minimum absolute atomic E-state index is 0. The fourth-order valence-corrected chi connectivity index (χ4v) is 3.20. The quantitative estimate of drug-likeness (QED) is 0.313. The summed E-state index contributed by atoms with van der Waals surface area (Å²) in [6, 6.07) is 10.3. The number of H-pyrrole nitrogens is 1. The Morgan fingerprint density at radius 1 is 1.32 bits per heavy atom. The van der Waals surface area contributed by atoms with E-state index in [0.29, 0.717) is 12.0 Å². The molecule has 1 fully saturated rings. The van der Waals surface area contributed by atoms with Crippen LogP contribution in [-0.2, 0) is 11.3 Å². The van der Waals surface area contributed by atoms with Gasteiger partial charge in [0.15, 0.2) is 5.96 Å². The Labute approximate surface area is 185 Å². The van der Waals surface area contributed by atoms with Gasteiger partial charge in [0.25, 0.3) is 0 Å². The highest BCUT2D eigenvalue weighted by molar-refractivity contribution is 14.0. The number of rotatable bonds is 9. The van der Waals surface area contributed by atoms with Gasteiger partial charge in [-0.1, -0.05) is 30.3 Å². The first-order valence-corrected chi connectivity index (χ1v) is 9.73. The number of aliphatic imine (C=N–C) groups is 1. The Kier molecular flexibility index (Phi) is 8.75. The van der Waals surface area contributed by atoms with Gasteiger partial charge in [-0.25, -0.2) is 4.98 Å². The number of halogens is 1. The number of aromatic amines is 1. The molecule has 1 heterocycles. The fraction of sp³-hybridized carbons (Fsp3) is 0.524. The van der Waals surface area contributed by atoms with Gasteiger partial charge in [0.1, 0.15) is 5.82 Å². The smallest absolute Gasteiger partial charge is 0.194 e. The van der Waals surface area contributed by atoms with Crippen molar-refractivity contribution in [2.75, 3.05) is 33.9 Å². The van der Waals surface area contributed by atoms with Crippen LogP contribution in [0.15, 0.2) is 41.5 Å². The topological polar surface area (TPSA) is 65.5 Å². The molecular formula is C21H32IN5O. The lowest BCUT2D eigenvalue weighted by atomic mass is 10.0. The van der Waals surface area contributed by atoms with E-state index >= 15 is 0 Å². The van der Waals surface area contributed by atoms with E-state index in [1.54, 1.807) is 7.11 Å². The number of ether oxygens (including phenoxy) is 1. The minimum atomic E-state index is 0. The van der Waals surface area contributed by atoms with Gasteiger partial charge in [-0.3, -0.25) is 4.99 Å². The predicted molar refractivity (Wildman–Crippen MR) is 125 cm³/mol. The van der Waals surface area contributed by atoms with Crippen molar-refractivity contribution in [2.45, 2.75) is 32.7 Å². The zero-order chi connectivity index (χ0) is 19.1. The van der Waals surface area contributed by atoms with Crippen LogP contribution in [0, 0.1) is 5.41 Å². The molecule has 0 aliphatic heterocycles. The lowest BCUT2D eigenvalue weighted by Gasteiger charge is -2.22. The Bertz CT molecular complexity index is 742. The zero-order valence-corrected chi connectivity index (χ0v) is 19.4. The molecule has 1 aromatic carbocycles. The van der Waals surface area contributed by atoms with Crippen LogP contribution in [0.2, 0.25) is 0 Å². The van der Waals surface area contributed by atoms with Crippen molar-refractivity contribution in [3.63, 3.8) is 0 Å². The minimum Gasteiger partial charge on any atom is -0.385 e. The van der Waals surface area contributed by atoms with Crippen LogP contribution >= 0.6 is 24.0 Å². The van der Waals surface area contributed by atoms with Gasteiger partial charge in [0.05, 0.1) is 18.4 Å². The molecule has 7 heteroatoms. The highest BCUT2D eigenvalue weighted by Gasteiger charge is 2.41. The molecule has 0 bridgehead atoms. The van der Waals surface area contributed by atoms with Crippen LogP contribution in [0.3, 0.4) is 0 Å². The van der Waals surface area contributed by atoms with E-state index in [-0.39, 0.29) is 24.0 Å². The number of hydrogen-bond acceptors (Lipinski definition) is 3. The second-order valence-corrected chi connectivity index (χ2v) is 7.38. The van der Waals surface area contributed by atoms with Crippen LogP contribution in [0.5, 0.6) is 0 Å². The molecule has 0 saturated heterocycles. The van der Waals surface area contributed by atoms with Gasteiger partial charge in [0.2, 0.25) is 0 Å². The monoisotopic (exact) mass is 497 g/mol. The third-order valence-corrected chi connectivity index (χ3v) is 5.15. The highest BCUT2D eigenvalue weighted by atomic mass is 127. The first-order chi connectivity index (χ1) is 13.2. The van der Waals surface area contributed by atoms with Crippen molar-refractivity contribution < 1.29 is 4.74 Å². The summed E-state index contributed by atoms with van der Waals surface area (Å²) >= 11 is 0. The summed E-state index contributed by atoms with van der Waals surface area (Å²) in [7, 11) is 3.82. The molecule has 3 rings (SSSR count). The van der Waals surface area contributed by atoms with Gasteiger partial charge >= 0.3 is 0 Å². The van der Waals surface area contributed by atoms with Crippen molar-refractivity contribution in [3.05, 3.63) is 42.4 Å². The highest BCUT2D eigenvalue weighted by Crippen LogP contribution is 2.49. The average molecular weight is 497 g/mol. The van der Waals surface area contributed by atoms with Crippen molar-refractivity contribution in [1.82, 2.24) is 20.2 Å². The van der Waals surface area contributed by atoms with E-state index in [1.165, 1.54) is 12.8 Å². The number of aromatic nitrogens is 2. The molecule has 0 amide bonds. The van der Waals surface area contributed by atoms with Crippen LogP contribution in [0.4, 0.5) is 0 Å². The molecule has 0 unspecified atom stereocenters. The molecule has 2 N–H and O–H groups in total. The summed E-state index contributed by atoms with van der Waals surface area (Å²) in [4.78, 5) is 15.0. The van der Waals surface area contributed by atoms with E-state index in [9.17, 15) is 0 Å². The molecule has 0 radical (unpaired) electrons. The molecule has 1 aliphatic carbocycles. The summed E-state index contributed by atoms with van der Waals surface area (Å²) < 4.78 is 5.25. The number of methoxy groups -OCH3 is 1. The van der Waals surface area contributed by atoms with Gasteiger partial charge in [-0.05, 0) is 37.2 Å². The molecule has 0 spiro atoms. The van der Waals surface area contributed by atoms with Gasteiger partial charge in [-0.15, -0.1) is 24.0 Å². The van der Waals surface area contributed by atoms with Crippen LogP contribution in [-0.4, -0.2) is 54.7 Å². The summed E-state index contributed by atoms with van der Waals surface area (Å²) in [6.07, 6.45) is 5.49. The summed E-state index contributed by atoms with van der Waals surface area (Å²) in [5.41, 5.74) is 2.54. The van der Waals surface area contributed by atoms with E-state index < -0.39 is 0 Å². The van der Waals surface area contributed by atoms with E-state index in [0.717, 1.165) is 49.2 Å². The number of guanidine groups is 1. The molecular weight excluding hydrogens is 465 g/mol. The number of imidazole rings is 1. The molecule has 6 nitrogen and oxygen atoms in total. The maximum atomic E-state index is 5.25. The first kappa shape index (κ1) is 22.7. The molecule has 2 aromatic rings. The maximum absolute atomic E-state index is 5.25. The van der Waals surface area contributed by atoms with E-state index in [2.05, 4.69) is 46.3 Å². The van der Waals surface area contributed by atoms with Crippen LogP contribution in [0.25, 0.3) is 11.3 Å². The fourth-order valence-electron chi connectivity index (χ4n) is 3.20. The molecule has 0 atom stereocenters. The van der Waals surface area contributed by atoms with Crippen LogP contribution < -0.4 is 5.32 Å². The third-order valence-electron chi connectivity index (χ3n) is 5.15. The summed E-state index contributed by atoms with van der Waals surface area (Å²) in [5, 5.41) is 3.40. The number of hydrogen-bond donors (Lipinski definition) is 2. The van der Waals surface area contributed by atoms with Crippen molar-refractivity contribution in [2.24, 2.45) is 10.4 Å². The third kappa shape index (κ3) is 6.20. The second-order valence-electron chi connectivity index (χ2n) is 7.38. The van der Waals surface area contributed by atoms with Crippen LogP contribution in [0.1, 0.15) is 32.0 Å². The van der Waals surface area contributed by atoms with Gasteiger partial charge in [-0.2, -0.15) is 0 Å². The SMILES string of the molecule is CCNC(=NCC1(CCOC)CC1)N(C)Cc1ncc(-c2ccccc2)[nH]1.I. The molecule has 1 saturated carbocycles. The summed E-state index contributed by atoms with van der Waals surface area (Å²) in [5.74, 6) is 1.86. The Balaban J connectivity index is 0.00000280. The molecule has 1 aliphatic rings. The summed E-state index contributed by atoms with van der Waals surface area (Å²) in [6.45, 7) is 5.31. The largest absolute Gasteiger partial charge is 0.385 e. The molecule has 154 valence electrons. The zero-order valence-electron chi connectivity index (χ0n) is 17.1. The van der Waals surface area contributed by atoms with Gasteiger partial charge in [0, 0.05) is 33.9 Å². The van der Waals surface area contributed by atoms with E-state index in [1.807, 2.05) is 24.4 Å². The molecule has 1 aromatic heterocycles. The molecule has 28 heavy (non-hydrogen) atoms. The van der Waals surface area contributed by atoms with E-state index in [4.69, 9.17) is 9.73 Å². The van der Waals surface area contributed by atoms with Crippen molar-refractivity contribution >= 4 is 29.9 Å². The standard InChI is InChI=1S/C21H31N5O.HI/c1-4-22-20(24-16-21(10-11-21)12-13-27-3)26(2)15-19-23-14-18(25-19)17-8-6-5-7-9-17;/h5-9,14H,4,10-13,15-16H2,1-3H3,(H,22,24)(H,23,25);1H. The first-order valence-electron chi connectivity index (χ1n) is 9.73. The lowest BCUT2D eigenvalue weighted by molar-refractivity contribution is 0.174. The van der Waals surface area contributed by atoms with Crippen molar-refractivity contribution in [1.29, 1.82) is 0 Å². The maximum Gasteiger partial charge on any atom is 0.194 e. The van der Waals surface area contributed by atoms with Gasteiger partial charge < -0.3 is 19.9 Å². The second kappa shape index (κ2) is 10.8. The Morgan fingerprint density at radius 3 is 2.71 bits per heavy atom. The normalized spacial score (nSPS) is 15.0. The number of nitrogens with zero attached hydrogens (tertiary/aromatic N) is 3.